The van der Waals surface area contributed by atoms with Gasteiger partial charge >= 0.3 is 0 Å². The molecule has 168 valence electrons. The van der Waals surface area contributed by atoms with Crippen LogP contribution < -0.4 is 20.7 Å². The molecule has 0 saturated carbocycles. The number of nitrogens with two attached hydrogens (primary N) is 1. The number of amides is 2. The second-order valence-corrected chi connectivity index (χ2v) is 7.57. The second-order valence-electron chi connectivity index (χ2n) is 7.57. The van der Waals surface area contributed by atoms with Crippen LogP contribution in [0.25, 0.3) is 5.69 Å². The Morgan fingerprint density at radius 3 is 2.73 bits per heavy atom. The zero-order valence-corrected chi connectivity index (χ0v) is 18.0. The summed E-state index contributed by atoms with van der Waals surface area (Å²) >= 11 is 0. The molecule has 1 aliphatic heterocycles. The summed E-state index contributed by atoms with van der Waals surface area (Å²) in [5.74, 6) is 0.622. The van der Waals surface area contributed by atoms with E-state index in [9.17, 15) is 14.9 Å². The first-order chi connectivity index (χ1) is 16.1. The van der Waals surface area contributed by atoms with Gasteiger partial charge in [-0.2, -0.15) is 10.4 Å². The van der Waals surface area contributed by atoms with Crippen LogP contribution in [-0.4, -0.2) is 41.3 Å². The molecule has 3 aromatic rings. The van der Waals surface area contributed by atoms with Crippen LogP contribution in [0.4, 0.5) is 11.5 Å². The van der Waals surface area contributed by atoms with Gasteiger partial charge in [0.15, 0.2) is 6.61 Å². The van der Waals surface area contributed by atoms with E-state index in [4.69, 9.17) is 10.5 Å². The van der Waals surface area contributed by atoms with Crippen molar-refractivity contribution in [1.29, 1.82) is 5.26 Å². The van der Waals surface area contributed by atoms with Gasteiger partial charge < -0.3 is 20.7 Å². The molecule has 0 spiro atoms. The average Bonchev–Trinajstić information content (AvgIpc) is 3.16. The smallest absolute Gasteiger partial charge is 0.265 e. The van der Waals surface area contributed by atoms with Crippen molar-refractivity contribution in [3.05, 3.63) is 65.9 Å². The Balaban J connectivity index is 1.28. The molecular formula is C24H24N6O3. The fourth-order valence-electron chi connectivity index (χ4n) is 3.73. The van der Waals surface area contributed by atoms with Gasteiger partial charge in [-0.05, 0) is 37.1 Å². The number of nitriles is 1. The first kappa shape index (κ1) is 21.9. The van der Waals surface area contributed by atoms with Gasteiger partial charge in [-0.1, -0.05) is 30.3 Å². The number of nitrogens with one attached hydrogen (secondary N) is 1. The normalized spacial score (nSPS) is 12.6. The first-order valence-electron chi connectivity index (χ1n) is 10.7. The number of aromatic nitrogens is 2. The van der Waals surface area contributed by atoms with Crippen molar-refractivity contribution in [1.82, 2.24) is 15.1 Å². The molecule has 0 unspecified atom stereocenters. The van der Waals surface area contributed by atoms with E-state index < -0.39 is 0 Å². The Labute approximate surface area is 191 Å². The van der Waals surface area contributed by atoms with Crippen LogP contribution in [0.15, 0.2) is 54.6 Å². The van der Waals surface area contributed by atoms with Gasteiger partial charge in [0.2, 0.25) is 5.91 Å². The van der Waals surface area contributed by atoms with Crippen LogP contribution in [0.2, 0.25) is 0 Å². The molecule has 1 aromatic heterocycles. The minimum atomic E-state index is -0.169. The van der Waals surface area contributed by atoms with E-state index in [0.29, 0.717) is 47.9 Å². The molecule has 0 aliphatic carbocycles. The number of aryl methyl sites for hydroxylation is 1. The lowest BCUT2D eigenvalue weighted by molar-refractivity contribution is -0.122. The van der Waals surface area contributed by atoms with Crippen molar-refractivity contribution < 1.29 is 14.3 Å². The SMILES string of the molecule is N#Cc1c(CCCNC(=O)CCN2C(=O)COc3ccccc32)nn(-c2ccccc2)c1N. The summed E-state index contributed by atoms with van der Waals surface area (Å²) in [4.78, 5) is 26.1. The van der Waals surface area contributed by atoms with Crippen LogP contribution in [0.1, 0.15) is 24.1 Å². The van der Waals surface area contributed by atoms with E-state index in [2.05, 4.69) is 16.5 Å². The van der Waals surface area contributed by atoms with Crippen LogP contribution in [0.3, 0.4) is 0 Å². The van der Waals surface area contributed by atoms with Crippen molar-refractivity contribution in [3.8, 4) is 17.5 Å². The van der Waals surface area contributed by atoms with Crippen molar-refractivity contribution in [3.63, 3.8) is 0 Å². The molecule has 0 saturated heterocycles. The average molecular weight is 444 g/mol. The predicted molar refractivity (Wildman–Crippen MR) is 123 cm³/mol. The molecule has 9 heteroatoms. The van der Waals surface area contributed by atoms with Crippen LogP contribution >= 0.6 is 0 Å². The highest BCUT2D eigenvalue weighted by Crippen LogP contribution is 2.31. The van der Waals surface area contributed by atoms with E-state index >= 15 is 0 Å². The highest BCUT2D eigenvalue weighted by atomic mass is 16.5. The number of anilines is 2. The van der Waals surface area contributed by atoms with Gasteiger partial charge in [0.05, 0.1) is 17.1 Å². The fraction of sp³-hybridized carbons (Fsp3) is 0.250. The van der Waals surface area contributed by atoms with E-state index in [1.54, 1.807) is 21.7 Å². The maximum absolute atomic E-state index is 12.3. The molecule has 0 fully saturated rings. The predicted octanol–water partition coefficient (Wildman–Crippen LogP) is 2.19. The van der Waals surface area contributed by atoms with Crippen molar-refractivity contribution >= 4 is 23.3 Å². The van der Waals surface area contributed by atoms with Gasteiger partial charge in [-0.3, -0.25) is 9.59 Å². The second kappa shape index (κ2) is 9.87. The minimum Gasteiger partial charge on any atom is -0.482 e. The highest BCUT2D eigenvalue weighted by molar-refractivity contribution is 5.98. The Morgan fingerprint density at radius 2 is 1.94 bits per heavy atom. The third-order valence-corrected chi connectivity index (χ3v) is 5.39. The Hall–Kier alpha value is -4.32. The lowest BCUT2D eigenvalue weighted by Crippen LogP contribution is -2.41. The number of para-hydroxylation sites is 3. The molecule has 2 amide bonds. The topological polar surface area (TPSA) is 126 Å². The maximum atomic E-state index is 12.3. The van der Waals surface area contributed by atoms with Crippen LogP contribution in [0, 0.1) is 11.3 Å². The summed E-state index contributed by atoms with van der Waals surface area (Å²) in [6.45, 7) is 0.676. The zero-order chi connectivity index (χ0) is 23.2. The monoisotopic (exact) mass is 444 g/mol. The molecule has 0 radical (unpaired) electrons. The summed E-state index contributed by atoms with van der Waals surface area (Å²) in [5.41, 5.74) is 8.54. The number of nitrogens with zero attached hydrogens (tertiary/aromatic N) is 4. The summed E-state index contributed by atoms with van der Waals surface area (Å²) in [5, 5.41) is 16.9. The lowest BCUT2D eigenvalue weighted by atomic mass is 10.1. The maximum Gasteiger partial charge on any atom is 0.265 e. The number of rotatable bonds is 8. The summed E-state index contributed by atoms with van der Waals surface area (Å²) in [6, 6.07) is 18.8. The van der Waals surface area contributed by atoms with Gasteiger partial charge in [0.1, 0.15) is 23.2 Å². The molecule has 4 rings (SSSR count). The standard InChI is InChI=1S/C24H24N6O3/c25-15-18-19(28-30(24(18)26)17-7-2-1-3-8-17)9-6-13-27-22(31)12-14-29-20-10-4-5-11-21(20)33-16-23(29)32/h1-5,7-8,10-11H,6,9,12-14,16,26H2,(H,27,31). The zero-order valence-electron chi connectivity index (χ0n) is 18.0. The number of benzene rings is 2. The summed E-state index contributed by atoms with van der Waals surface area (Å²) < 4.78 is 6.98. The Morgan fingerprint density at radius 1 is 1.18 bits per heavy atom. The third-order valence-electron chi connectivity index (χ3n) is 5.39. The number of nitrogen functional groups attached to an aromatic ring is 1. The number of ether oxygens (including phenoxy) is 1. The summed E-state index contributed by atoms with van der Waals surface area (Å²) in [6.07, 6.45) is 1.28. The number of fused-ring (bicyclic) bond motifs is 1. The largest absolute Gasteiger partial charge is 0.482 e. The molecule has 33 heavy (non-hydrogen) atoms. The van der Waals surface area contributed by atoms with Gasteiger partial charge in [0, 0.05) is 19.5 Å². The van der Waals surface area contributed by atoms with E-state index in [1.807, 2.05) is 42.5 Å². The minimum absolute atomic E-state index is 0.0291. The van der Waals surface area contributed by atoms with Crippen molar-refractivity contribution in [2.24, 2.45) is 0 Å². The number of carbonyl (C=O) groups excluding carboxylic acids is 2. The Kier molecular flexibility index (Phi) is 6.55. The van der Waals surface area contributed by atoms with E-state index in [-0.39, 0.29) is 31.4 Å². The number of hydrogen-bond donors (Lipinski definition) is 2. The lowest BCUT2D eigenvalue weighted by Gasteiger charge is -2.29. The fourth-order valence-corrected chi connectivity index (χ4v) is 3.73. The molecule has 3 N–H and O–H groups in total. The van der Waals surface area contributed by atoms with Gasteiger partial charge in [-0.25, -0.2) is 4.68 Å². The van der Waals surface area contributed by atoms with Crippen LogP contribution in [-0.2, 0) is 16.0 Å². The third kappa shape index (κ3) is 4.80. The van der Waals surface area contributed by atoms with Crippen molar-refractivity contribution in [2.45, 2.75) is 19.3 Å². The molecule has 2 aromatic carbocycles. The van der Waals surface area contributed by atoms with E-state index in [0.717, 1.165) is 5.69 Å². The molecule has 1 aliphatic rings. The molecule has 0 bridgehead atoms. The number of hydrogen-bond acceptors (Lipinski definition) is 6. The highest BCUT2D eigenvalue weighted by Gasteiger charge is 2.25. The molecular weight excluding hydrogens is 420 g/mol. The molecule has 9 nitrogen and oxygen atoms in total. The first-order valence-corrected chi connectivity index (χ1v) is 10.7. The van der Waals surface area contributed by atoms with Gasteiger partial charge in [0.25, 0.3) is 5.91 Å². The molecule has 2 heterocycles. The van der Waals surface area contributed by atoms with E-state index in [1.165, 1.54) is 0 Å². The Bertz CT molecular complexity index is 1200. The molecule has 0 atom stereocenters. The number of carbonyl (C=O) groups is 2. The van der Waals surface area contributed by atoms with Crippen molar-refractivity contribution in [2.75, 3.05) is 30.3 Å². The van der Waals surface area contributed by atoms with Crippen LogP contribution in [0.5, 0.6) is 5.75 Å². The van der Waals surface area contributed by atoms with Gasteiger partial charge in [-0.15, -0.1) is 0 Å². The quantitative estimate of drug-likeness (QED) is 0.513. The summed E-state index contributed by atoms with van der Waals surface area (Å²) in [7, 11) is 0.